The van der Waals surface area contributed by atoms with Crippen molar-refractivity contribution in [3.63, 3.8) is 0 Å². The first-order chi connectivity index (χ1) is 13.5. The van der Waals surface area contributed by atoms with Gasteiger partial charge in [0.25, 0.3) is 5.91 Å². The zero-order valence-electron chi connectivity index (χ0n) is 15.9. The highest BCUT2D eigenvalue weighted by Gasteiger charge is 2.17. The molecule has 8 heteroatoms. The molecule has 1 amide bonds. The zero-order chi connectivity index (χ0) is 19.7. The molecule has 28 heavy (non-hydrogen) atoms. The van der Waals surface area contributed by atoms with Gasteiger partial charge in [-0.1, -0.05) is 0 Å². The van der Waals surface area contributed by atoms with Crippen LogP contribution in [0.2, 0.25) is 0 Å². The first-order valence-corrected chi connectivity index (χ1v) is 8.82. The van der Waals surface area contributed by atoms with Crippen molar-refractivity contribution in [3.05, 3.63) is 65.5 Å². The monoisotopic (exact) mass is 376 g/mol. The number of rotatable bonds is 5. The quantitative estimate of drug-likeness (QED) is 0.558. The molecule has 3 aromatic heterocycles. The Kier molecular flexibility index (Phi) is 4.52. The van der Waals surface area contributed by atoms with Gasteiger partial charge in [0.1, 0.15) is 12.1 Å². The topological polar surface area (TPSA) is 97.7 Å². The fraction of sp³-hybridized carbons (Fsp3) is 0.200. The SMILES string of the molecule is COc1ccc2nc(NC(=O)c3cc(C)n(Cc4ccncn4)c3C)[nH]c2c1. The molecule has 0 aliphatic heterocycles. The van der Waals surface area contributed by atoms with E-state index in [1.165, 1.54) is 6.33 Å². The van der Waals surface area contributed by atoms with Crippen LogP contribution in [0.4, 0.5) is 5.95 Å². The average Bonchev–Trinajstić information content (AvgIpc) is 3.23. The maximum Gasteiger partial charge on any atom is 0.259 e. The Morgan fingerprint density at radius 3 is 2.86 bits per heavy atom. The summed E-state index contributed by atoms with van der Waals surface area (Å²) in [5.74, 6) is 0.907. The predicted octanol–water partition coefficient (Wildman–Crippen LogP) is 3.08. The van der Waals surface area contributed by atoms with Gasteiger partial charge in [-0.2, -0.15) is 0 Å². The molecule has 0 aliphatic rings. The molecule has 0 bridgehead atoms. The lowest BCUT2D eigenvalue weighted by Crippen LogP contribution is -2.14. The van der Waals surface area contributed by atoms with E-state index < -0.39 is 0 Å². The summed E-state index contributed by atoms with van der Waals surface area (Å²) in [5.41, 5.74) is 4.88. The van der Waals surface area contributed by atoms with Gasteiger partial charge in [0.15, 0.2) is 0 Å². The van der Waals surface area contributed by atoms with Gasteiger partial charge in [-0.15, -0.1) is 0 Å². The summed E-state index contributed by atoms with van der Waals surface area (Å²) in [6, 6.07) is 9.24. The normalized spacial score (nSPS) is 11.0. The van der Waals surface area contributed by atoms with E-state index in [-0.39, 0.29) is 5.91 Å². The molecule has 0 radical (unpaired) electrons. The van der Waals surface area contributed by atoms with Crippen LogP contribution in [0.25, 0.3) is 11.0 Å². The maximum atomic E-state index is 12.8. The molecule has 0 spiro atoms. The molecule has 142 valence electrons. The number of methoxy groups -OCH3 is 1. The number of nitrogens with zero attached hydrogens (tertiary/aromatic N) is 4. The van der Waals surface area contributed by atoms with Gasteiger partial charge in [0, 0.05) is 23.7 Å². The fourth-order valence-electron chi connectivity index (χ4n) is 3.20. The zero-order valence-corrected chi connectivity index (χ0v) is 15.9. The summed E-state index contributed by atoms with van der Waals surface area (Å²) in [5, 5.41) is 2.84. The van der Waals surface area contributed by atoms with E-state index in [0.717, 1.165) is 33.9 Å². The van der Waals surface area contributed by atoms with Gasteiger partial charge in [0.2, 0.25) is 5.95 Å². The molecule has 4 rings (SSSR count). The summed E-state index contributed by atoms with van der Waals surface area (Å²) in [6.07, 6.45) is 3.23. The third kappa shape index (κ3) is 3.32. The van der Waals surface area contributed by atoms with E-state index in [2.05, 4.69) is 29.8 Å². The first-order valence-electron chi connectivity index (χ1n) is 8.82. The number of benzene rings is 1. The maximum absolute atomic E-state index is 12.8. The summed E-state index contributed by atoms with van der Waals surface area (Å²) >= 11 is 0. The van der Waals surface area contributed by atoms with Crippen LogP contribution < -0.4 is 10.1 Å². The lowest BCUT2D eigenvalue weighted by Gasteiger charge is -2.09. The Morgan fingerprint density at radius 1 is 1.25 bits per heavy atom. The van der Waals surface area contributed by atoms with Crippen molar-refractivity contribution in [2.24, 2.45) is 0 Å². The van der Waals surface area contributed by atoms with E-state index >= 15 is 0 Å². The van der Waals surface area contributed by atoms with Crippen LogP contribution >= 0.6 is 0 Å². The predicted molar refractivity (Wildman–Crippen MR) is 106 cm³/mol. The van der Waals surface area contributed by atoms with Gasteiger partial charge >= 0.3 is 0 Å². The number of carbonyl (C=O) groups is 1. The Morgan fingerprint density at radius 2 is 2.11 bits per heavy atom. The summed E-state index contributed by atoms with van der Waals surface area (Å²) in [4.78, 5) is 28.5. The van der Waals surface area contributed by atoms with Gasteiger partial charge in [0.05, 0.1) is 35.9 Å². The molecule has 4 aromatic rings. The van der Waals surface area contributed by atoms with Crippen molar-refractivity contribution in [3.8, 4) is 5.75 Å². The number of imidazole rings is 1. The highest BCUT2D eigenvalue weighted by atomic mass is 16.5. The number of ether oxygens (including phenoxy) is 1. The Labute approximate surface area is 161 Å². The second-order valence-corrected chi connectivity index (χ2v) is 6.49. The summed E-state index contributed by atoms with van der Waals surface area (Å²) in [6.45, 7) is 4.48. The van der Waals surface area contributed by atoms with Crippen molar-refractivity contribution in [1.29, 1.82) is 0 Å². The lowest BCUT2D eigenvalue weighted by atomic mass is 10.2. The van der Waals surface area contributed by atoms with Gasteiger partial charge in [-0.3, -0.25) is 10.1 Å². The van der Waals surface area contributed by atoms with E-state index in [1.807, 2.05) is 44.2 Å². The van der Waals surface area contributed by atoms with Crippen LogP contribution in [0, 0.1) is 13.8 Å². The number of aromatic nitrogens is 5. The minimum atomic E-state index is -0.215. The molecule has 1 aromatic carbocycles. The van der Waals surface area contributed by atoms with Crippen LogP contribution in [-0.2, 0) is 6.54 Å². The molecule has 0 atom stereocenters. The Hall–Kier alpha value is -3.68. The van der Waals surface area contributed by atoms with Crippen molar-refractivity contribution in [1.82, 2.24) is 24.5 Å². The lowest BCUT2D eigenvalue weighted by molar-refractivity contribution is 0.102. The third-order valence-electron chi connectivity index (χ3n) is 4.70. The second kappa shape index (κ2) is 7.15. The second-order valence-electron chi connectivity index (χ2n) is 6.49. The number of aryl methyl sites for hydroxylation is 1. The molecular weight excluding hydrogens is 356 g/mol. The molecule has 0 fully saturated rings. The smallest absolute Gasteiger partial charge is 0.259 e. The standard InChI is InChI=1S/C20H20N6O2/c1-12-8-16(13(2)26(12)10-14-6-7-21-11-22-14)19(27)25-20-23-17-5-4-15(28-3)9-18(17)24-20/h4-9,11H,10H2,1-3H3,(H2,23,24,25,27). The van der Waals surface area contributed by atoms with E-state index in [0.29, 0.717) is 18.1 Å². The number of anilines is 1. The molecule has 0 saturated heterocycles. The number of fused-ring (bicyclic) bond motifs is 1. The Balaban J connectivity index is 1.57. The number of carbonyl (C=O) groups excluding carboxylic acids is 1. The molecule has 0 saturated carbocycles. The minimum Gasteiger partial charge on any atom is -0.497 e. The number of hydrogen-bond acceptors (Lipinski definition) is 5. The van der Waals surface area contributed by atoms with Gasteiger partial charge in [-0.25, -0.2) is 15.0 Å². The number of amides is 1. The van der Waals surface area contributed by atoms with Crippen molar-refractivity contribution >= 4 is 22.9 Å². The highest BCUT2D eigenvalue weighted by molar-refractivity contribution is 6.05. The van der Waals surface area contributed by atoms with Crippen molar-refractivity contribution < 1.29 is 9.53 Å². The van der Waals surface area contributed by atoms with Crippen LogP contribution in [0.1, 0.15) is 27.4 Å². The molecular formula is C20H20N6O2. The van der Waals surface area contributed by atoms with Crippen LogP contribution in [0.3, 0.4) is 0 Å². The van der Waals surface area contributed by atoms with Crippen molar-refractivity contribution in [2.75, 3.05) is 12.4 Å². The van der Waals surface area contributed by atoms with Crippen LogP contribution in [0.5, 0.6) is 5.75 Å². The first kappa shape index (κ1) is 17.7. The number of nitrogens with one attached hydrogen (secondary N) is 2. The van der Waals surface area contributed by atoms with Gasteiger partial charge in [-0.05, 0) is 38.1 Å². The number of H-pyrrole nitrogens is 1. The minimum absolute atomic E-state index is 0.215. The molecule has 3 heterocycles. The van der Waals surface area contributed by atoms with E-state index in [9.17, 15) is 4.79 Å². The third-order valence-corrected chi connectivity index (χ3v) is 4.70. The molecule has 0 unspecified atom stereocenters. The highest BCUT2D eigenvalue weighted by Crippen LogP contribution is 2.22. The fourth-order valence-corrected chi connectivity index (χ4v) is 3.20. The molecule has 2 N–H and O–H groups in total. The van der Waals surface area contributed by atoms with E-state index in [1.54, 1.807) is 13.3 Å². The van der Waals surface area contributed by atoms with Crippen molar-refractivity contribution in [2.45, 2.75) is 20.4 Å². The van der Waals surface area contributed by atoms with Crippen LogP contribution in [0.15, 0.2) is 42.9 Å². The summed E-state index contributed by atoms with van der Waals surface area (Å²) in [7, 11) is 1.61. The largest absolute Gasteiger partial charge is 0.497 e. The number of aromatic amines is 1. The van der Waals surface area contributed by atoms with Gasteiger partial charge < -0.3 is 14.3 Å². The van der Waals surface area contributed by atoms with E-state index in [4.69, 9.17) is 4.74 Å². The summed E-state index contributed by atoms with van der Waals surface area (Å²) < 4.78 is 7.27. The Bertz CT molecular complexity index is 1150. The van der Waals surface area contributed by atoms with Crippen LogP contribution in [-0.4, -0.2) is 37.5 Å². The molecule has 0 aliphatic carbocycles. The molecule has 8 nitrogen and oxygen atoms in total. The number of hydrogen-bond donors (Lipinski definition) is 2. The average molecular weight is 376 g/mol.